The lowest BCUT2D eigenvalue weighted by atomic mass is 10.0. The van der Waals surface area contributed by atoms with Crippen molar-refractivity contribution in [1.82, 2.24) is 15.3 Å². The summed E-state index contributed by atoms with van der Waals surface area (Å²) in [6, 6.07) is 3.67. The standard InChI is InChI=1S/C12H11F2N3/c1-15-11(8-4-6-16-7-10(8)14)12-9(13)3-2-5-17-12/h2-7,11,15H,1H3. The zero-order valence-electron chi connectivity index (χ0n) is 9.19. The maximum absolute atomic E-state index is 13.6. The van der Waals surface area contributed by atoms with Crippen LogP contribution in [0.25, 0.3) is 0 Å². The number of rotatable bonds is 3. The number of aromatic nitrogens is 2. The van der Waals surface area contributed by atoms with Crippen LogP contribution in [0.4, 0.5) is 8.78 Å². The Labute approximate surface area is 97.5 Å². The maximum atomic E-state index is 13.6. The van der Waals surface area contributed by atoms with Gasteiger partial charge in [0.05, 0.1) is 17.9 Å². The topological polar surface area (TPSA) is 37.8 Å². The number of halogens is 2. The second kappa shape index (κ2) is 4.97. The van der Waals surface area contributed by atoms with E-state index < -0.39 is 17.7 Å². The molecule has 1 N–H and O–H groups in total. The van der Waals surface area contributed by atoms with Gasteiger partial charge in [-0.15, -0.1) is 0 Å². The highest BCUT2D eigenvalue weighted by atomic mass is 19.1. The first kappa shape index (κ1) is 11.6. The Morgan fingerprint density at radius 3 is 2.65 bits per heavy atom. The predicted molar refractivity (Wildman–Crippen MR) is 59.3 cm³/mol. The van der Waals surface area contributed by atoms with Gasteiger partial charge in [0, 0.05) is 18.0 Å². The van der Waals surface area contributed by atoms with Crippen LogP contribution in [0.1, 0.15) is 17.3 Å². The van der Waals surface area contributed by atoms with Gasteiger partial charge in [0.2, 0.25) is 0 Å². The quantitative estimate of drug-likeness (QED) is 0.884. The molecule has 0 saturated heterocycles. The Morgan fingerprint density at radius 1 is 1.18 bits per heavy atom. The van der Waals surface area contributed by atoms with Crippen LogP contribution < -0.4 is 5.32 Å². The molecular formula is C12H11F2N3. The molecule has 17 heavy (non-hydrogen) atoms. The minimum atomic E-state index is -0.626. The monoisotopic (exact) mass is 235 g/mol. The van der Waals surface area contributed by atoms with Crippen molar-refractivity contribution in [2.45, 2.75) is 6.04 Å². The fourth-order valence-electron chi connectivity index (χ4n) is 1.67. The van der Waals surface area contributed by atoms with E-state index in [-0.39, 0.29) is 5.69 Å². The second-order valence-electron chi connectivity index (χ2n) is 3.49. The molecule has 0 spiro atoms. The van der Waals surface area contributed by atoms with Crippen molar-refractivity contribution in [3.63, 3.8) is 0 Å². The average Bonchev–Trinajstić information content (AvgIpc) is 2.34. The smallest absolute Gasteiger partial charge is 0.146 e. The van der Waals surface area contributed by atoms with Gasteiger partial charge in [-0.1, -0.05) is 0 Å². The molecule has 1 atom stereocenters. The van der Waals surface area contributed by atoms with Gasteiger partial charge in [-0.2, -0.15) is 0 Å². The van der Waals surface area contributed by atoms with Crippen LogP contribution in [0, 0.1) is 11.6 Å². The maximum Gasteiger partial charge on any atom is 0.146 e. The highest BCUT2D eigenvalue weighted by molar-refractivity contribution is 5.27. The highest BCUT2D eigenvalue weighted by Crippen LogP contribution is 2.23. The molecule has 1 unspecified atom stereocenters. The fourth-order valence-corrected chi connectivity index (χ4v) is 1.67. The SMILES string of the molecule is CNC(c1ccncc1F)c1ncccc1F. The van der Waals surface area contributed by atoms with E-state index in [0.717, 1.165) is 6.20 Å². The van der Waals surface area contributed by atoms with Gasteiger partial charge in [-0.25, -0.2) is 8.78 Å². The molecule has 0 radical (unpaired) electrons. The molecule has 3 nitrogen and oxygen atoms in total. The molecule has 2 rings (SSSR count). The molecule has 0 saturated carbocycles. The van der Waals surface area contributed by atoms with Crippen molar-refractivity contribution in [3.8, 4) is 0 Å². The third-order valence-electron chi connectivity index (χ3n) is 2.46. The van der Waals surface area contributed by atoms with Gasteiger partial charge in [0.25, 0.3) is 0 Å². The normalized spacial score (nSPS) is 12.4. The summed E-state index contributed by atoms with van der Waals surface area (Å²) in [5.74, 6) is -0.958. The fraction of sp³-hybridized carbons (Fsp3) is 0.167. The van der Waals surface area contributed by atoms with Gasteiger partial charge in [-0.3, -0.25) is 9.97 Å². The van der Waals surface area contributed by atoms with Crippen LogP contribution in [0.3, 0.4) is 0 Å². The van der Waals surface area contributed by atoms with Crippen LogP contribution in [0.5, 0.6) is 0 Å². The average molecular weight is 235 g/mol. The van der Waals surface area contributed by atoms with Gasteiger partial charge in [0.1, 0.15) is 11.6 Å². The van der Waals surface area contributed by atoms with Gasteiger partial charge in [-0.05, 0) is 25.2 Å². The third-order valence-corrected chi connectivity index (χ3v) is 2.46. The summed E-state index contributed by atoms with van der Waals surface area (Å²) in [5.41, 5.74) is 0.486. The van der Waals surface area contributed by atoms with E-state index in [0.29, 0.717) is 5.56 Å². The minimum absolute atomic E-state index is 0.167. The lowest BCUT2D eigenvalue weighted by Crippen LogP contribution is -2.21. The summed E-state index contributed by atoms with van der Waals surface area (Å²) < 4.78 is 27.2. The number of hydrogen-bond donors (Lipinski definition) is 1. The van der Waals surface area contributed by atoms with Gasteiger partial charge < -0.3 is 5.32 Å². The number of hydrogen-bond acceptors (Lipinski definition) is 3. The molecule has 2 aromatic rings. The van der Waals surface area contributed by atoms with Crippen molar-refractivity contribution < 1.29 is 8.78 Å². The molecule has 0 aliphatic rings. The highest BCUT2D eigenvalue weighted by Gasteiger charge is 2.20. The van der Waals surface area contributed by atoms with Crippen LogP contribution in [-0.2, 0) is 0 Å². The van der Waals surface area contributed by atoms with Crippen LogP contribution >= 0.6 is 0 Å². The molecule has 0 bridgehead atoms. The van der Waals surface area contributed by atoms with Crippen molar-refractivity contribution >= 4 is 0 Å². The Kier molecular flexibility index (Phi) is 3.39. The molecule has 0 fully saturated rings. The summed E-state index contributed by atoms with van der Waals surface area (Å²) in [4.78, 5) is 7.60. The minimum Gasteiger partial charge on any atom is -0.308 e. The lowest BCUT2D eigenvalue weighted by Gasteiger charge is -2.16. The Balaban J connectivity index is 2.48. The zero-order chi connectivity index (χ0) is 12.3. The largest absolute Gasteiger partial charge is 0.308 e. The molecule has 0 aliphatic heterocycles. The molecule has 5 heteroatoms. The molecule has 88 valence electrons. The summed E-state index contributed by atoms with van der Waals surface area (Å²) in [6.07, 6.45) is 4.03. The van der Waals surface area contributed by atoms with E-state index in [1.807, 2.05) is 0 Å². The first-order chi connectivity index (χ1) is 8.24. The summed E-state index contributed by atoms with van der Waals surface area (Å²) in [5, 5.41) is 2.85. The number of nitrogens with zero attached hydrogens (tertiary/aromatic N) is 2. The van der Waals surface area contributed by atoms with Crippen LogP contribution in [0.15, 0.2) is 36.8 Å². The van der Waals surface area contributed by atoms with Crippen LogP contribution in [0.2, 0.25) is 0 Å². The second-order valence-corrected chi connectivity index (χ2v) is 3.49. The van der Waals surface area contributed by atoms with E-state index >= 15 is 0 Å². The summed E-state index contributed by atoms with van der Waals surface area (Å²) >= 11 is 0. The molecule has 2 aromatic heterocycles. The van der Waals surface area contributed by atoms with Crippen molar-refractivity contribution in [2.75, 3.05) is 7.05 Å². The lowest BCUT2D eigenvalue weighted by molar-refractivity contribution is 0.532. The first-order valence-electron chi connectivity index (χ1n) is 5.11. The number of nitrogens with one attached hydrogen (secondary N) is 1. The van der Waals surface area contributed by atoms with E-state index in [9.17, 15) is 8.78 Å². The summed E-state index contributed by atoms with van der Waals surface area (Å²) in [6.45, 7) is 0. The van der Waals surface area contributed by atoms with Crippen molar-refractivity contribution in [1.29, 1.82) is 0 Å². The van der Waals surface area contributed by atoms with Gasteiger partial charge >= 0.3 is 0 Å². The van der Waals surface area contributed by atoms with Crippen LogP contribution in [-0.4, -0.2) is 17.0 Å². The third kappa shape index (κ3) is 2.29. The van der Waals surface area contributed by atoms with Crippen molar-refractivity contribution in [2.24, 2.45) is 0 Å². The van der Waals surface area contributed by atoms with E-state index in [1.54, 1.807) is 7.05 Å². The summed E-state index contributed by atoms with van der Waals surface area (Å²) in [7, 11) is 1.62. The Hall–Kier alpha value is -1.88. The Bertz CT molecular complexity index is 471. The molecule has 0 amide bonds. The van der Waals surface area contributed by atoms with Crippen molar-refractivity contribution in [3.05, 3.63) is 59.7 Å². The molecular weight excluding hydrogens is 224 g/mol. The molecule has 0 aromatic carbocycles. The molecule has 0 aliphatic carbocycles. The predicted octanol–water partition coefficient (Wildman–Crippen LogP) is 2.06. The van der Waals surface area contributed by atoms with E-state index in [1.165, 1.54) is 30.6 Å². The zero-order valence-corrected chi connectivity index (χ0v) is 9.19. The van der Waals surface area contributed by atoms with Gasteiger partial charge in [0.15, 0.2) is 0 Å². The number of pyridine rings is 2. The molecule has 2 heterocycles. The Morgan fingerprint density at radius 2 is 2.00 bits per heavy atom. The van der Waals surface area contributed by atoms with E-state index in [4.69, 9.17) is 0 Å². The first-order valence-corrected chi connectivity index (χ1v) is 5.11. The van der Waals surface area contributed by atoms with E-state index in [2.05, 4.69) is 15.3 Å².